The Bertz CT molecular complexity index is 841. The summed E-state index contributed by atoms with van der Waals surface area (Å²) in [5.41, 5.74) is 0.646. The maximum Gasteiger partial charge on any atom is 0.346 e. The standard InChI is InChI=1S/C18H21N3O7S/c1-4-27-13-7-11(5-6-12(13)28-10(2)17(25)26-3)9-19-21-18-20-16(24)14(29-18)8-15(22)23/h5-7,9-10,14H,4,8H2,1-3H3,(H,22,23)(H,20,21,24). The van der Waals surface area contributed by atoms with Gasteiger partial charge in [0.1, 0.15) is 5.25 Å². The number of methoxy groups -OCH3 is 1. The number of carbonyl (C=O) groups excluding carboxylic acids is 2. The number of benzene rings is 1. The van der Waals surface area contributed by atoms with Crippen molar-refractivity contribution in [2.45, 2.75) is 31.6 Å². The van der Waals surface area contributed by atoms with E-state index in [-0.39, 0.29) is 11.6 Å². The molecular weight excluding hydrogens is 402 g/mol. The van der Waals surface area contributed by atoms with E-state index in [2.05, 4.69) is 20.3 Å². The van der Waals surface area contributed by atoms with Crippen molar-refractivity contribution in [3.63, 3.8) is 0 Å². The first-order valence-electron chi connectivity index (χ1n) is 8.65. The van der Waals surface area contributed by atoms with Gasteiger partial charge in [-0.25, -0.2) is 4.79 Å². The molecule has 0 aliphatic carbocycles. The summed E-state index contributed by atoms with van der Waals surface area (Å²) < 4.78 is 15.8. The molecule has 1 aromatic carbocycles. The molecule has 1 aliphatic rings. The molecule has 1 aliphatic heterocycles. The number of amidine groups is 1. The van der Waals surface area contributed by atoms with Crippen molar-refractivity contribution in [3.05, 3.63) is 23.8 Å². The van der Waals surface area contributed by atoms with Gasteiger partial charge in [0.25, 0.3) is 0 Å². The summed E-state index contributed by atoms with van der Waals surface area (Å²) in [5.74, 6) is -1.18. The van der Waals surface area contributed by atoms with Gasteiger partial charge in [0.2, 0.25) is 5.91 Å². The van der Waals surface area contributed by atoms with Gasteiger partial charge < -0.3 is 24.6 Å². The zero-order chi connectivity index (χ0) is 21.4. The normalized spacial score (nSPS) is 18.5. The molecule has 2 atom stereocenters. The molecule has 11 heteroatoms. The van der Waals surface area contributed by atoms with Crippen molar-refractivity contribution in [2.24, 2.45) is 10.2 Å². The molecule has 1 saturated heterocycles. The van der Waals surface area contributed by atoms with Gasteiger partial charge in [-0.05, 0) is 37.6 Å². The smallest absolute Gasteiger partial charge is 0.346 e. The summed E-state index contributed by atoms with van der Waals surface area (Å²) in [5, 5.41) is 18.6. The van der Waals surface area contributed by atoms with Crippen LogP contribution in [0.4, 0.5) is 0 Å². The van der Waals surface area contributed by atoms with Gasteiger partial charge in [0.15, 0.2) is 22.8 Å². The third-order valence-electron chi connectivity index (χ3n) is 3.60. The fourth-order valence-electron chi connectivity index (χ4n) is 2.27. The van der Waals surface area contributed by atoms with Crippen LogP contribution in [0, 0.1) is 0 Å². The Kier molecular flexibility index (Phi) is 8.01. The molecule has 1 amide bonds. The summed E-state index contributed by atoms with van der Waals surface area (Å²) in [7, 11) is 1.28. The van der Waals surface area contributed by atoms with Gasteiger partial charge >= 0.3 is 11.9 Å². The predicted octanol–water partition coefficient (Wildman–Crippen LogP) is 1.42. The summed E-state index contributed by atoms with van der Waals surface area (Å²) in [6.07, 6.45) is 0.356. The first-order chi connectivity index (χ1) is 13.8. The molecular formula is C18H21N3O7S. The van der Waals surface area contributed by atoms with E-state index in [9.17, 15) is 14.4 Å². The summed E-state index contributed by atoms with van der Waals surface area (Å²) in [4.78, 5) is 33.9. The number of hydrogen-bond donors (Lipinski definition) is 2. The minimum atomic E-state index is -1.06. The highest BCUT2D eigenvalue weighted by atomic mass is 32.2. The van der Waals surface area contributed by atoms with E-state index in [0.29, 0.717) is 23.7 Å². The van der Waals surface area contributed by atoms with Crippen LogP contribution in [0.3, 0.4) is 0 Å². The lowest BCUT2D eigenvalue weighted by molar-refractivity contribution is -0.148. The fourth-order valence-corrected chi connectivity index (χ4v) is 3.18. The molecule has 10 nitrogen and oxygen atoms in total. The molecule has 2 unspecified atom stereocenters. The lowest BCUT2D eigenvalue weighted by Crippen LogP contribution is -2.26. The number of nitrogens with zero attached hydrogens (tertiary/aromatic N) is 2. The molecule has 0 radical (unpaired) electrons. The third-order valence-corrected chi connectivity index (χ3v) is 4.67. The minimum absolute atomic E-state index is 0.231. The molecule has 1 heterocycles. The van der Waals surface area contributed by atoms with E-state index in [4.69, 9.17) is 14.6 Å². The van der Waals surface area contributed by atoms with Crippen LogP contribution >= 0.6 is 11.8 Å². The number of esters is 1. The first kappa shape index (κ1) is 22.2. The minimum Gasteiger partial charge on any atom is -0.490 e. The summed E-state index contributed by atoms with van der Waals surface area (Å²) in [6.45, 7) is 3.77. The van der Waals surface area contributed by atoms with Crippen molar-refractivity contribution in [3.8, 4) is 11.5 Å². The van der Waals surface area contributed by atoms with E-state index in [0.717, 1.165) is 11.8 Å². The van der Waals surface area contributed by atoms with Crippen molar-refractivity contribution >= 4 is 41.0 Å². The Morgan fingerprint density at radius 3 is 2.79 bits per heavy atom. The van der Waals surface area contributed by atoms with Crippen LogP contribution in [-0.2, 0) is 19.1 Å². The molecule has 29 heavy (non-hydrogen) atoms. The molecule has 1 aromatic rings. The molecule has 156 valence electrons. The Hall–Kier alpha value is -3.08. The lowest BCUT2D eigenvalue weighted by Gasteiger charge is -2.16. The SMILES string of the molecule is CCOc1cc(C=NN=C2NC(=O)C(CC(=O)O)S2)ccc1OC(C)C(=O)OC. The van der Waals surface area contributed by atoms with E-state index < -0.39 is 29.2 Å². The van der Waals surface area contributed by atoms with Gasteiger partial charge in [-0.1, -0.05) is 11.8 Å². The van der Waals surface area contributed by atoms with Crippen LogP contribution in [0.15, 0.2) is 28.4 Å². The maximum atomic E-state index is 11.7. The zero-order valence-electron chi connectivity index (χ0n) is 16.1. The van der Waals surface area contributed by atoms with Gasteiger partial charge in [0.05, 0.1) is 26.4 Å². The summed E-state index contributed by atoms with van der Waals surface area (Å²) >= 11 is 1.01. The Morgan fingerprint density at radius 2 is 2.14 bits per heavy atom. The van der Waals surface area contributed by atoms with Gasteiger partial charge in [-0.2, -0.15) is 5.10 Å². The average Bonchev–Trinajstić information content (AvgIpc) is 3.01. The quantitative estimate of drug-likeness (QED) is 0.346. The van der Waals surface area contributed by atoms with Crippen LogP contribution < -0.4 is 14.8 Å². The van der Waals surface area contributed by atoms with Crippen LogP contribution in [0.1, 0.15) is 25.8 Å². The summed E-state index contributed by atoms with van der Waals surface area (Å²) in [6, 6.07) is 4.99. The number of amides is 1. The number of aliphatic carboxylic acids is 1. The van der Waals surface area contributed by atoms with Crippen molar-refractivity contribution in [1.82, 2.24) is 5.32 Å². The highest BCUT2D eigenvalue weighted by Gasteiger charge is 2.32. The number of rotatable bonds is 9. The molecule has 1 fully saturated rings. The molecule has 0 aromatic heterocycles. The largest absolute Gasteiger partial charge is 0.490 e. The van der Waals surface area contributed by atoms with Crippen molar-refractivity contribution in [2.75, 3.05) is 13.7 Å². The van der Waals surface area contributed by atoms with Gasteiger partial charge in [-0.3, -0.25) is 9.59 Å². The lowest BCUT2D eigenvalue weighted by atomic mass is 10.2. The molecule has 2 N–H and O–H groups in total. The zero-order valence-corrected chi connectivity index (χ0v) is 16.9. The van der Waals surface area contributed by atoms with E-state index in [1.165, 1.54) is 13.3 Å². The monoisotopic (exact) mass is 423 g/mol. The van der Waals surface area contributed by atoms with Crippen molar-refractivity contribution < 1.29 is 33.7 Å². The van der Waals surface area contributed by atoms with Gasteiger partial charge in [-0.15, -0.1) is 5.10 Å². The molecule has 0 bridgehead atoms. The topological polar surface area (TPSA) is 136 Å². The molecule has 2 rings (SSSR count). The highest BCUT2D eigenvalue weighted by Crippen LogP contribution is 2.29. The number of ether oxygens (including phenoxy) is 3. The Morgan fingerprint density at radius 1 is 1.38 bits per heavy atom. The number of carboxylic acids is 1. The van der Waals surface area contributed by atoms with Crippen LogP contribution in [-0.4, -0.2) is 59.4 Å². The Labute approximate surface area is 171 Å². The number of carbonyl (C=O) groups is 3. The maximum absolute atomic E-state index is 11.7. The Balaban J connectivity index is 2.09. The van der Waals surface area contributed by atoms with E-state index in [1.807, 2.05) is 6.92 Å². The second-order valence-electron chi connectivity index (χ2n) is 5.77. The number of nitrogens with one attached hydrogen (secondary N) is 1. The highest BCUT2D eigenvalue weighted by molar-refractivity contribution is 8.15. The third kappa shape index (κ3) is 6.49. The van der Waals surface area contributed by atoms with Crippen molar-refractivity contribution in [1.29, 1.82) is 0 Å². The van der Waals surface area contributed by atoms with Crippen LogP contribution in [0.2, 0.25) is 0 Å². The van der Waals surface area contributed by atoms with Gasteiger partial charge in [0, 0.05) is 0 Å². The second-order valence-corrected chi connectivity index (χ2v) is 6.96. The first-order valence-corrected chi connectivity index (χ1v) is 9.53. The second kappa shape index (κ2) is 10.5. The van der Waals surface area contributed by atoms with E-state index in [1.54, 1.807) is 25.1 Å². The van der Waals surface area contributed by atoms with E-state index >= 15 is 0 Å². The molecule has 0 spiro atoms. The number of thioether (sulfide) groups is 1. The van der Waals surface area contributed by atoms with Crippen LogP contribution in [0.5, 0.6) is 11.5 Å². The molecule has 0 saturated carbocycles. The fraction of sp³-hybridized carbons (Fsp3) is 0.389. The average molecular weight is 423 g/mol. The van der Waals surface area contributed by atoms with Crippen LogP contribution in [0.25, 0.3) is 0 Å². The number of hydrogen-bond acceptors (Lipinski definition) is 9. The number of carboxylic acid groups (broad SMARTS) is 1. The predicted molar refractivity (Wildman–Crippen MR) is 107 cm³/mol.